The van der Waals surface area contributed by atoms with Crippen LogP contribution in [0.2, 0.25) is 0 Å². The summed E-state index contributed by atoms with van der Waals surface area (Å²) in [5.74, 6) is 1.07. The van der Waals surface area contributed by atoms with Gasteiger partial charge in [0.1, 0.15) is 11.9 Å². The fraction of sp³-hybridized carbons (Fsp3) is 0.667. The molecular weight excluding hydrogens is 246 g/mol. The van der Waals surface area contributed by atoms with Crippen molar-refractivity contribution in [2.45, 2.75) is 64.5 Å². The number of aryl methyl sites for hydroxylation is 2. The summed E-state index contributed by atoms with van der Waals surface area (Å²) in [7, 11) is 2.06. The van der Waals surface area contributed by atoms with E-state index in [2.05, 4.69) is 44.4 Å². The largest absolute Gasteiger partial charge is 0.490 e. The molecule has 1 saturated carbocycles. The van der Waals surface area contributed by atoms with E-state index in [1.165, 1.54) is 36.8 Å². The quantitative estimate of drug-likeness (QED) is 0.902. The van der Waals surface area contributed by atoms with Crippen LogP contribution < -0.4 is 10.1 Å². The Morgan fingerprint density at radius 2 is 2.00 bits per heavy atom. The smallest absolute Gasteiger partial charge is 0.120 e. The van der Waals surface area contributed by atoms with Crippen LogP contribution in [0, 0.1) is 5.41 Å². The van der Waals surface area contributed by atoms with Crippen LogP contribution in [0.15, 0.2) is 18.2 Å². The zero-order chi connectivity index (χ0) is 14.2. The van der Waals surface area contributed by atoms with Crippen LogP contribution in [0.5, 0.6) is 5.75 Å². The van der Waals surface area contributed by atoms with Gasteiger partial charge < -0.3 is 10.1 Å². The highest BCUT2D eigenvalue weighted by Gasteiger charge is 2.51. The van der Waals surface area contributed by atoms with Crippen molar-refractivity contribution in [3.8, 4) is 5.75 Å². The molecule has 3 atom stereocenters. The van der Waals surface area contributed by atoms with Gasteiger partial charge in [-0.1, -0.05) is 19.9 Å². The molecule has 0 amide bonds. The second-order valence-electron chi connectivity index (χ2n) is 6.68. The summed E-state index contributed by atoms with van der Waals surface area (Å²) in [5, 5.41) is 3.43. The molecule has 20 heavy (non-hydrogen) atoms. The number of nitrogens with one attached hydrogen (secondary N) is 1. The van der Waals surface area contributed by atoms with Gasteiger partial charge >= 0.3 is 0 Å². The third-order valence-electron chi connectivity index (χ3n) is 5.69. The van der Waals surface area contributed by atoms with E-state index in [9.17, 15) is 0 Å². The van der Waals surface area contributed by atoms with E-state index in [1.807, 2.05) is 0 Å². The highest BCUT2D eigenvalue weighted by molar-refractivity contribution is 5.37. The van der Waals surface area contributed by atoms with Crippen molar-refractivity contribution in [3.05, 3.63) is 29.3 Å². The Bertz CT molecular complexity index is 484. The summed E-state index contributed by atoms with van der Waals surface area (Å²) in [4.78, 5) is 0. The van der Waals surface area contributed by atoms with Crippen molar-refractivity contribution < 1.29 is 4.74 Å². The van der Waals surface area contributed by atoms with Crippen molar-refractivity contribution in [2.24, 2.45) is 5.41 Å². The lowest BCUT2D eigenvalue weighted by Gasteiger charge is -2.53. The highest BCUT2D eigenvalue weighted by atomic mass is 16.5. The number of fused-ring (bicyclic) bond motifs is 1. The first-order valence-electron chi connectivity index (χ1n) is 8.13. The van der Waals surface area contributed by atoms with E-state index in [1.54, 1.807) is 0 Å². The maximum Gasteiger partial charge on any atom is 0.120 e. The maximum atomic E-state index is 6.31. The zero-order valence-corrected chi connectivity index (χ0v) is 13.0. The minimum Gasteiger partial charge on any atom is -0.490 e. The van der Waals surface area contributed by atoms with Crippen LogP contribution >= 0.6 is 0 Å². The third kappa shape index (κ3) is 2.24. The number of hydrogen-bond donors (Lipinski definition) is 1. The normalized spacial score (nSPS) is 32.4. The van der Waals surface area contributed by atoms with Crippen LogP contribution in [-0.4, -0.2) is 19.2 Å². The first kappa shape index (κ1) is 13.9. The second kappa shape index (κ2) is 5.40. The molecule has 0 aliphatic heterocycles. The van der Waals surface area contributed by atoms with Crippen LogP contribution in [0.25, 0.3) is 0 Å². The Morgan fingerprint density at radius 1 is 1.25 bits per heavy atom. The van der Waals surface area contributed by atoms with Gasteiger partial charge in [-0.3, -0.25) is 0 Å². The lowest BCUT2D eigenvalue weighted by atomic mass is 9.61. The van der Waals surface area contributed by atoms with Crippen molar-refractivity contribution >= 4 is 0 Å². The number of benzene rings is 1. The predicted molar refractivity (Wildman–Crippen MR) is 83.4 cm³/mol. The first-order valence-corrected chi connectivity index (χ1v) is 8.13. The minimum absolute atomic E-state index is 0.269. The van der Waals surface area contributed by atoms with Gasteiger partial charge in [0.05, 0.1) is 0 Å². The lowest BCUT2D eigenvalue weighted by molar-refractivity contribution is -0.0677. The molecule has 0 heterocycles. The first-order chi connectivity index (χ1) is 9.67. The molecule has 2 aliphatic carbocycles. The number of rotatable bonds is 4. The van der Waals surface area contributed by atoms with E-state index in [4.69, 9.17) is 4.74 Å². The van der Waals surface area contributed by atoms with Gasteiger partial charge in [0.2, 0.25) is 0 Å². The van der Waals surface area contributed by atoms with Gasteiger partial charge in [-0.25, -0.2) is 0 Å². The van der Waals surface area contributed by atoms with Crippen LogP contribution in [0.3, 0.4) is 0 Å². The topological polar surface area (TPSA) is 21.3 Å². The molecule has 0 radical (unpaired) electrons. The van der Waals surface area contributed by atoms with Crippen LogP contribution in [0.1, 0.15) is 50.7 Å². The SMILES string of the molecule is CCC1(C)C(NC)CC1Oc1ccc2c(c1)CCCC2. The van der Waals surface area contributed by atoms with Gasteiger partial charge in [-0.05, 0) is 62.4 Å². The summed E-state index contributed by atoms with van der Waals surface area (Å²) in [6.45, 7) is 4.62. The monoisotopic (exact) mass is 273 g/mol. The molecule has 0 spiro atoms. The molecule has 2 heteroatoms. The molecule has 3 unspecified atom stereocenters. The fourth-order valence-corrected chi connectivity index (χ4v) is 3.87. The Morgan fingerprint density at radius 3 is 2.70 bits per heavy atom. The van der Waals surface area contributed by atoms with Crippen LogP contribution in [-0.2, 0) is 12.8 Å². The molecule has 1 aromatic rings. The van der Waals surface area contributed by atoms with Gasteiger partial charge in [0.25, 0.3) is 0 Å². The number of ether oxygens (including phenoxy) is 1. The Balaban J connectivity index is 1.72. The summed E-state index contributed by atoms with van der Waals surface area (Å²) in [5.41, 5.74) is 3.31. The molecular formula is C18H27NO. The van der Waals surface area contributed by atoms with E-state index < -0.39 is 0 Å². The standard InChI is InChI=1S/C18H27NO/c1-4-18(2)16(19-3)12-17(18)20-15-10-9-13-7-5-6-8-14(13)11-15/h9-11,16-17,19H,4-8,12H2,1-3H3. The van der Waals surface area contributed by atoms with Crippen molar-refractivity contribution in [1.29, 1.82) is 0 Å². The second-order valence-corrected chi connectivity index (χ2v) is 6.68. The summed E-state index contributed by atoms with van der Waals surface area (Å²) in [6, 6.07) is 7.33. The van der Waals surface area contributed by atoms with E-state index >= 15 is 0 Å². The zero-order valence-electron chi connectivity index (χ0n) is 13.0. The molecule has 110 valence electrons. The Labute approximate surface area is 122 Å². The minimum atomic E-state index is 0.269. The molecule has 0 aromatic heterocycles. The van der Waals surface area contributed by atoms with E-state index in [0.717, 1.165) is 18.6 Å². The lowest BCUT2D eigenvalue weighted by Crippen LogP contribution is -2.62. The highest BCUT2D eigenvalue weighted by Crippen LogP contribution is 2.46. The molecule has 1 N–H and O–H groups in total. The molecule has 1 aromatic carbocycles. The summed E-state index contributed by atoms with van der Waals surface area (Å²) in [6.07, 6.45) is 7.77. The van der Waals surface area contributed by atoms with E-state index in [0.29, 0.717) is 12.1 Å². The molecule has 0 saturated heterocycles. The van der Waals surface area contributed by atoms with Gasteiger partial charge in [-0.15, -0.1) is 0 Å². The molecule has 3 rings (SSSR count). The average molecular weight is 273 g/mol. The van der Waals surface area contributed by atoms with Crippen molar-refractivity contribution in [2.75, 3.05) is 7.05 Å². The number of hydrogen-bond acceptors (Lipinski definition) is 2. The van der Waals surface area contributed by atoms with Crippen LogP contribution in [0.4, 0.5) is 0 Å². The Kier molecular flexibility index (Phi) is 3.76. The molecule has 0 bridgehead atoms. The van der Waals surface area contributed by atoms with Gasteiger partial charge in [-0.2, -0.15) is 0 Å². The maximum absolute atomic E-state index is 6.31. The van der Waals surface area contributed by atoms with Crippen molar-refractivity contribution in [1.82, 2.24) is 5.32 Å². The third-order valence-corrected chi connectivity index (χ3v) is 5.69. The predicted octanol–water partition coefficient (Wildman–Crippen LogP) is 3.72. The van der Waals surface area contributed by atoms with E-state index in [-0.39, 0.29) is 5.41 Å². The summed E-state index contributed by atoms with van der Waals surface area (Å²) >= 11 is 0. The molecule has 2 aliphatic rings. The molecule has 2 nitrogen and oxygen atoms in total. The molecule has 1 fully saturated rings. The summed E-state index contributed by atoms with van der Waals surface area (Å²) < 4.78 is 6.31. The average Bonchev–Trinajstić information content (AvgIpc) is 2.50. The van der Waals surface area contributed by atoms with Gasteiger partial charge in [0.15, 0.2) is 0 Å². The van der Waals surface area contributed by atoms with Gasteiger partial charge in [0, 0.05) is 17.9 Å². The van der Waals surface area contributed by atoms with Crippen molar-refractivity contribution in [3.63, 3.8) is 0 Å². The fourth-order valence-electron chi connectivity index (χ4n) is 3.87. The Hall–Kier alpha value is -1.02.